The lowest BCUT2D eigenvalue weighted by molar-refractivity contribution is 0.0960. The van der Waals surface area contributed by atoms with Gasteiger partial charge in [-0.15, -0.1) is 0 Å². The molecule has 5 heteroatoms. The van der Waals surface area contributed by atoms with Gasteiger partial charge in [0.25, 0.3) is 0 Å². The largest absolute Gasteiger partial charge is 0.494 e. The SMILES string of the molecule is N=C(N)c1ccc(OCCCCC2(CC(=O)c3ccccc3)C=CC=N2)cc1. The van der Waals surface area contributed by atoms with Gasteiger partial charge in [-0.3, -0.25) is 15.2 Å². The molecule has 0 amide bonds. The van der Waals surface area contributed by atoms with E-state index in [0.29, 0.717) is 18.6 Å². The fourth-order valence-electron chi connectivity index (χ4n) is 3.26. The number of carbonyl (C=O) groups is 1. The Balaban J connectivity index is 1.46. The van der Waals surface area contributed by atoms with Crippen molar-refractivity contribution in [3.05, 3.63) is 77.9 Å². The van der Waals surface area contributed by atoms with Crippen LogP contribution < -0.4 is 10.5 Å². The molecule has 0 bridgehead atoms. The number of nitrogens with one attached hydrogen (secondary N) is 1. The maximum Gasteiger partial charge on any atom is 0.165 e. The minimum atomic E-state index is -0.434. The van der Waals surface area contributed by atoms with Gasteiger partial charge in [0.2, 0.25) is 0 Å². The van der Waals surface area contributed by atoms with E-state index in [0.717, 1.165) is 30.6 Å². The Kier molecular flexibility index (Phi) is 6.37. The predicted octanol–water partition coefficient (Wildman–Crippen LogP) is 4.17. The topological polar surface area (TPSA) is 88.5 Å². The van der Waals surface area contributed by atoms with E-state index >= 15 is 0 Å². The third-order valence-corrected chi connectivity index (χ3v) is 4.82. The normalized spacial score (nSPS) is 17.6. The molecule has 2 aromatic rings. The molecule has 0 aromatic heterocycles. The molecule has 5 nitrogen and oxygen atoms in total. The number of aliphatic imine (C=N–C) groups is 1. The van der Waals surface area contributed by atoms with Gasteiger partial charge in [-0.25, -0.2) is 0 Å². The minimum absolute atomic E-state index is 0.0482. The Morgan fingerprint density at radius 2 is 1.79 bits per heavy atom. The zero-order valence-corrected chi connectivity index (χ0v) is 15.8. The smallest absolute Gasteiger partial charge is 0.165 e. The summed E-state index contributed by atoms with van der Waals surface area (Å²) < 4.78 is 5.75. The van der Waals surface area contributed by atoms with Gasteiger partial charge in [0, 0.05) is 23.8 Å². The van der Waals surface area contributed by atoms with Gasteiger partial charge in [-0.2, -0.15) is 0 Å². The Morgan fingerprint density at radius 3 is 2.43 bits per heavy atom. The van der Waals surface area contributed by atoms with E-state index in [1.54, 1.807) is 18.3 Å². The number of amidine groups is 1. The Hall–Kier alpha value is -3.21. The van der Waals surface area contributed by atoms with Gasteiger partial charge in [-0.05, 0) is 49.6 Å². The second-order valence-electron chi connectivity index (χ2n) is 6.95. The molecule has 0 saturated heterocycles. The third kappa shape index (κ3) is 5.16. The first-order chi connectivity index (χ1) is 13.6. The molecule has 1 atom stereocenters. The molecule has 144 valence electrons. The van der Waals surface area contributed by atoms with Crippen molar-refractivity contribution in [2.45, 2.75) is 31.2 Å². The molecular weight excluding hydrogens is 350 g/mol. The summed E-state index contributed by atoms with van der Waals surface area (Å²) in [4.78, 5) is 17.2. The van der Waals surface area contributed by atoms with E-state index in [9.17, 15) is 4.79 Å². The zero-order valence-electron chi connectivity index (χ0n) is 15.8. The molecule has 2 aromatic carbocycles. The maximum atomic E-state index is 12.6. The van der Waals surface area contributed by atoms with Crippen molar-refractivity contribution < 1.29 is 9.53 Å². The van der Waals surface area contributed by atoms with Crippen molar-refractivity contribution in [2.75, 3.05) is 6.61 Å². The van der Waals surface area contributed by atoms with Gasteiger partial charge in [0.1, 0.15) is 11.6 Å². The highest BCUT2D eigenvalue weighted by atomic mass is 16.5. The lowest BCUT2D eigenvalue weighted by atomic mass is 9.87. The van der Waals surface area contributed by atoms with Crippen LogP contribution in [0.1, 0.15) is 41.6 Å². The van der Waals surface area contributed by atoms with Crippen LogP contribution in [0.25, 0.3) is 0 Å². The first-order valence-electron chi connectivity index (χ1n) is 9.47. The Labute approximate surface area is 165 Å². The lowest BCUT2D eigenvalue weighted by Crippen LogP contribution is -2.26. The molecule has 0 radical (unpaired) electrons. The fraction of sp³-hybridized carbons (Fsp3) is 0.261. The number of ether oxygens (including phenoxy) is 1. The third-order valence-electron chi connectivity index (χ3n) is 4.82. The summed E-state index contributed by atoms with van der Waals surface area (Å²) in [7, 11) is 0. The van der Waals surface area contributed by atoms with Crippen LogP contribution in [-0.4, -0.2) is 30.0 Å². The molecule has 0 saturated carbocycles. The summed E-state index contributed by atoms with van der Waals surface area (Å²) in [6, 6.07) is 16.6. The molecule has 0 spiro atoms. The van der Waals surface area contributed by atoms with E-state index in [2.05, 4.69) is 4.99 Å². The van der Waals surface area contributed by atoms with E-state index in [1.807, 2.05) is 54.6 Å². The number of ketones is 1. The number of benzene rings is 2. The second-order valence-corrected chi connectivity index (χ2v) is 6.95. The van der Waals surface area contributed by atoms with E-state index in [-0.39, 0.29) is 11.6 Å². The van der Waals surface area contributed by atoms with Crippen LogP contribution in [0.5, 0.6) is 5.75 Å². The number of allylic oxidation sites excluding steroid dienone is 1. The zero-order chi connectivity index (χ0) is 19.8. The molecule has 3 rings (SSSR count). The number of unbranched alkanes of at least 4 members (excludes halogenated alkanes) is 1. The van der Waals surface area contributed by atoms with Crippen LogP contribution in [0.15, 0.2) is 71.7 Å². The van der Waals surface area contributed by atoms with Crippen LogP contribution in [0, 0.1) is 5.41 Å². The van der Waals surface area contributed by atoms with Crippen molar-refractivity contribution in [1.29, 1.82) is 5.41 Å². The number of hydrogen-bond donors (Lipinski definition) is 2. The predicted molar refractivity (Wildman–Crippen MR) is 113 cm³/mol. The van der Waals surface area contributed by atoms with Crippen molar-refractivity contribution in [1.82, 2.24) is 0 Å². The lowest BCUT2D eigenvalue weighted by Gasteiger charge is -2.23. The Bertz CT molecular complexity index is 858. The van der Waals surface area contributed by atoms with Gasteiger partial charge in [0.05, 0.1) is 12.1 Å². The number of rotatable bonds is 10. The van der Waals surface area contributed by atoms with Gasteiger partial charge < -0.3 is 10.5 Å². The number of carbonyl (C=O) groups excluding carboxylic acids is 1. The number of nitrogens with zero attached hydrogens (tertiary/aromatic N) is 1. The van der Waals surface area contributed by atoms with Crippen LogP contribution in [0.4, 0.5) is 0 Å². The maximum absolute atomic E-state index is 12.6. The molecule has 28 heavy (non-hydrogen) atoms. The molecule has 0 aliphatic carbocycles. The van der Waals surface area contributed by atoms with Crippen LogP contribution in [0.3, 0.4) is 0 Å². The summed E-state index contributed by atoms with van der Waals surface area (Å²) in [5.74, 6) is 0.927. The quantitative estimate of drug-likeness (QED) is 0.283. The van der Waals surface area contributed by atoms with E-state index in [4.69, 9.17) is 15.9 Å². The molecule has 1 aliphatic rings. The molecular formula is C23H25N3O2. The summed E-state index contributed by atoms with van der Waals surface area (Å²) >= 11 is 0. The monoisotopic (exact) mass is 375 g/mol. The van der Waals surface area contributed by atoms with Gasteiger partial charge in [0.15, 0.2) is 5.78 Å². The number of nitrogens with two attached hydrogens (primary N) is 1. The molecule has 1 heterocycles. The molecule has 1 aliphatic heterocycles. The highest BCUT2D eigenvalue weighted by Crippen LogP contribution is 2.29. The summed E-state index contributed by atoms with van der Waals surface area (Å²) in [5, 5.41) is 7.40. The summed E-state index contributed by atoms with van der Waals surface area (Å²) in [6.45, 7) is 0.593. The molecule has 3 N–H and O–H groups in total. The van der Waals surface area contributed by atoms with Crippen molar-refractivity contribution in [3.63, 3.8) is 0 Å². The van der Waals surface area contributed by atoms with Crippen LogP contribution >= 0.6 is 0 Å². The summed E-state index contributed by atoms with van der Waals surface area (Å²) in [6.07, 6.45) is 8.73. The van der Waals surface area contributed by atoms with Crippen LogP contribution in [-0.2, 0) is 0 Å². The van der Waals surface area contributed by atoms with Crippen molar-refractivity contribution >= 4 is 17.8 Å². The average Bonchev–Trinajstić information content (AvgIpc) is 3.17. The number of nitrogen functional groups attached to an aromatic ring is 1. The Morgan fingerprint density at radius 1 is 1.04 bits per heavy atom. The number of Topliss-reactive ketones (excluding diaryl/α,β-unsaturated/α-hetero) is 1. The van der Waals surface area contributed by atoms with E-state index < -0.39 is 5.54 Å². The highest BCUT2D eigenvalue weighted by molar-refractivity contribution is 5.97. The summed E-state index contributed by atoms with van der Waals surface area (Å²) in [5.41, 5.74) is 6.43. The highest BCUT2D eigenvalue weighted by Gasteiger charge is 2.30. The first-order valence-corrected chi connectivity index (χ1v) is 9.47. The standard InChI is InChI=1S/C23H25N3O2/c24-22(25)19-9-11-20(12-10-19)28-16-5-4-13-23(14-6-15-26-23)17-21(27)18-7-2-1-3-8-18/h1-3,6-12,14-15H,4-5,13,16-17H2,(H3,24,25). The second kappa shape index (κ2) is 9.13. The molecule has 0 fully saturated rings. The fourth-order valence-corrected chi connectivity index (χ4v) is 3.26. The van der Waals surface area contributed by atoms with Gasteiger partial charge in [-0.1, -0.05) is 36.4 Å². The van der Waals surface area contributed by atoms with Crippen molar-refractivity contribution in [3.8, 4) is 5.75 Å². The van der Waals surface area contributed by atoms with Crippen molar-refractivity contribution in [2.24, 2.45) is 10.7 Å². The van der Waals surface area contributed by atoms with Crippen LogP contribution in [0.2, 0.25) is 0 Å². The first kappa shape index (κ1) is 19.5. The average molecular weight is 375 g/mol. The number of hydrogen-bond acceptors (Lipinski definition) is 4. The minimum Gasteiger partial charge on any atom is -0.494 e. The van der Waals surface area contributed by atoms with E-state index in [1.165, 1.54) is 0 Å². The van der Waals surface area contributed by atoms with Gasteiger partial charge >= 0.3 is 0 Å². The molecule has 1 unspecified atom stereocenters.